The molecule has 2 aliphatic rings. The normalized spacial score (nSPS) is 25.8. The molecule has 0 radical (unpaired) electrons. The summed E-state index contributed by atoms with van der Waals surface area (Å²) in [6, 6.07) is 0. The molecule has 1 aliphatic carbocycles. The van der Waals surface area contributed by atoms with Crippen LogP contribution in [-0.4, -0.2) is 30.5 Å². The van der Waals surface area contributed by atoms with Crippen LogP contribution in [0.5, 0.6) is 0 Å². The maximum absolute atomic E-state index is 5.38. The average molecular weight is 202 g/mol. The Kier molecular flexibility index (Phi) is 3.94. The van der Waals surface area contributed by atoms with Crippen LogP contribution >= 0.6 is 11.8 Å². The Morgan fingerprint density at radius 3 is 2.46 bits per heavy atom. The topological polar surface area (TPSA) is 18.5 Å². The Hall–Kier alpha value is 0.270. The first-order valence-electron chi connectivity index (χ1n) is 5.30. The van der Waals surface area contributed by atoms with Crippen molar-refractivity contribution < 1.29 is 9.47 Å². The van der Waals surface area contributed by atoms with E-state index in [1.54, 1.807) is 0 Å². The van der Waals surface area contributed by atoms with Crippen LogP contribution in [0.15, 0.2) is 0 Å². The molecule has 0 bridgehead atoms. The fraction of sp³-hybridized carbons (Fsp3) is 1.00. The summed E-state index contributed by atoms with van der Waals surface area (Å²) < 4.78 is 10.8. The zero-order chi connectivity index (χ0) is 8.93. The van der Waals surface area contributed by atoms with E-state index in [2.05, 4.69) is 11.8 Å². The van der Waals surface area contributed by atoms with Gasteiger partial charge in [-0.3, -0.25) is 0 Å². The van der Waals surface area contributed by atoms with E-state index >= 15 is 0 Å². The second-order valence-electron chi connectivity index (χ2n) is 3.74. The summed E-state index contributed by atoms with van der Waals surface area (Å²) in [6.45, 7) is 1.58. The zero-order valence-electron chi connectivity index (χ0n) is 8.04. The molecule has 0 unspecified atom stereocenters. The first-order chi connectivity index (χ1) is 6.45. The number of hydrogen-bond acceptors (Lipinski definition) is 3. The van der Waals surface area contributed by atoms with Gasteiger partial charge in [-0.05, 0) is 18.6 Å². The highest BCUT2D eigenvalue weighted by atomic mass is 32.2. The molecular formula is C10H18O2S. The van der Waals surface area contributed by atoms with Crippen molar-refractivity contribution in [1.82, 2.24) is 0 Å². The van der Waals surface area contributed by atoms with Gasteiger partial charge >= 0.3 is 0 Å². The largest absolute Gasteiger partial charge is 0.350 e. The fourth-order valence-corrected chi connectivity index (χ4v) is 3.29. The highest BCUT2D eigenvalue weighted by molar-refractivity contribution is 7.99. The van der Waals surface area contributed by atoms with E-state index in [0.29, 0.717) is 0 Å². The lowest BCUT2D eigenvalue weighted by atomic mass is 10.4. The van der Waals surface area contributed by atoms with Crippen LogP contribution in [0.4, 0.5) is 0 Å². The van der Waals surface area contributed by atoms with Gasteiger partial charge < -0.3 is 9.47 Å². The van der Waals surface area contributed by atoms with E-state index < -0.39 is 0 Å². The van der Waals surface area contributed by atoms with Crippen LogP contribution in [0, 0.1) is 0 Å². The van der Waals surface area contributed by atoms with Gasteiger partial charge in [-0.15, -0.1) is 0 Å². The molecule has 1 saturated heterocycles. The minimum absolute atomic E-state index is 0.105. The molecular weight excluding hydrogens is 184 g/mol. The Balaban J connectivity index is 1.52. The lowest BCUT2D eigenvalue weighted by Crippen LogP contribution is -2.09. The highest BCUT2D eigenvalue weighted by Crippen LogP contribution is 2.30. The summed E-state index contributed by atoms with van der Waals surface area (Å²) in [5.74, 6) is 1.20. The second-order valence-corrected chi connectivity index (χ2v) is 5.15. The van der Waals surface area contributed by atoms with Crippen molar-refractivity contribution in [2.24, 2.45) is 0 Å². The SMILES string of the molecule is C1CCC(SCCC2OCCO2)C1. The van der Waals surface area contributed by atoms with Gasteiger partial charge in [-0.1, -0.05) is 12.8 Å². The first kappa shape index (κ1) is 9.81. The molecule has 1 aliphatic heterocycles. The molecule has 1 heterocycles. The minimum atomic E-state index is 0.105. The van der Waals surface area contributed by atoms with Gasteiger partial charge in [0.05, 0.1) is 13.2 Å². The second kappa shape index (κ2) is 5.23. The molecule has 0 N–H and O–H groups in total. The van der Waals surface area contributed by atoms with Crippen molar-refractivity contribution in [3.05, 3.63) is 0 Å². The van der Waals surface area contributed by atoms with Gasteiger partial charge in [-0.25, -0.2) is 0 Å². The summed E-state index contributed by atoms with van der Waals surface area (Å²) in [5.41, 5.74) is 0. The average Bonchev–Trinajstić information content (AvgIpc) is 2.75. The summed E-state index contributed by atoms with van der Waals surface area (Å²) in [7, 11) is 0. The van der Waals surface area contributed by atoms with Gasteiger partial charge in [0.1, 0.15) is 0 Å². The Labute approximate surface area is 84.4 Å². The number of ether oxygens (including phenoxy) is 2. The number of hydrogen-bond donors (Lipinski definition) is 0. The molecule has 76 valence electrons. The number of thioether (sulfide) groups is 1. The van der Waals surface area contributed by atoms with Gasteiger partial charge in [0.15, 0.2) is 6.29 Å². The van der Waals surface area contributed by atoms with Crippen LogP contribution in [0.2, 0.25) is 0 Å². The van der Waals surface area contributed by atoms with Crippen LogP contribution < -0.4 is 0 Å². The molecule has 0 aromatic rings. The standard InChI is InChI=1S/C10H18O2S/c1-2-4-9(3-1)13-8-5-10-11-6-7-12-10/h9-10H,1-8H2. The Morgan fingerprint density at radius 1 is 1.08 bits per heavy atom. The molecule has 13 heavy (non-hydrogen) atoms. The van der Waals surface area contributed by atoms with Gasteiger partial charge in [0.25, 0.3) is 0 Å². The van der Waals surface area contributed by atoms with Crippen LogP contribution in [0.3, 0.4) is 0 Å². The third-order valence-electron chi connectivity index (χ3n) is 2.70. The molecule has 2 nitrogen and oxygen atoms in total. The summed E-state index contributed by atoms with van der Waals surface area (Å²) in [5, 5.41) is 0.932. The molecule has 1 saturated carbocycles. The van der Waals surface area contributed by atoms with E-state index in [4.69, 9.17) is 9.47 Å². The van der Waals surface area contributed by atoms with Crippen LogP contribution in [-0.2, 0) is 9.47 Å². The smallest absolute Gasteiger partial charge is 0.158 e. The van der Waals surface area contributed by atoms with Gasteiger partial charge in [0, 0.05) is 11.7 Å². The third-order valence-corrected chi connectivity index (χ3v) is 4.11. The third kappa shape index (κ3) is 3.15. The summed E-state index contributed by atoms with van der Waals surface area (Å²) in [4.78, 5) is 0. The summed E-state index contributed by atoms with van der Waals surface area (Å²) in [6.07, 6.45) is 6.91. The van der Waals surface area contributed by atoms with Crippen molar-refractivity contribution >= 4 is 11.8 Å². The van der Waals surface area contributed by atoms with Crippen molar-refractivity contribution in [2.75, 3.05) is 19.0 Å². The molecule has 0 atom stereocenters. The van der Waals surface area contributed by atoms with Crippen molar-refractivity contribution in [3.8, 4) is 0 Å². The van der Waals surface area contributed by atoms with E-state index in [1.165, 1.54) is 31.4 Å². The quantitative estimate of drug-likeness (QED) is 0.697. The lowest BCUT2D eigenvalue weighted by molar-refractivity contribution is -0.0421. The van der Waals surface area contributed by atoms with E-state index in [1.807, 2.05) is 0 Å². The van der Waals surface area contributed by atoms with Crippen molar-refractivity contribution in [1.29, 1.82) is 0 Å². The zero-order valence-corrected chi connectivity index (χ0v) is 8.85. The van der Waals surface area contributed by atoms with Crippen LogP contribution in [0.25, 0.3) is 0 Å². The van der Waals surface area contributed by atoms with E-state index in [0.717, 1.165) is 24.9 Å². The monoisotopic (exact) mass is 202 g/mol. The van der Waals surface area contributed by atoms with Gasteiger partial charge in [0.2, 0.25) is 0 Å². The number of rotatable bonds is 4. The van der Waals surface area contributed by atoms with Crippen LogP contribution in [0.1, 0.15) is 32.1 Å². The van der Waals surface area contributed by atoms with E-state index in [-0.39, 0.29) is 6.29 Å². The first-order valence-corrected chi connectivity index (χ1v) is 6.35. The molecule has 0 aromatic heterocycles. The van der Waals surface area contributed by atoms with Gasteiger partial charge in [-0.2, -0.15) is 11.8 Å². The molecule has 2 fully saturated rings. The predicted octanol–water partition coefficient (Wildman–Crippen LogP) is 2.43. The fourth-order valence-electron chi connectivity index (χ4n) is 1.96. The minimum Gasteiger partial charge on any atom is -0.350 e. The van der Waals surface area contributed by atoms with Crippen molar-refractivity contribution in [2.45, 2.75) is 43.6 Å². The summed E-state index contributed by atoms with van der Waals surface area (Å²) >= 11 is 2.11. The predicted molar refractivity (Wildman–Crippen MR) is 55.0 cm³/mol. The Morgan fingerprint density at radius 2 is 1.77 bits per heavy atom. The maximum Gasteiger partial charge on any atom is 0.158 e. The molecule has 3 heteroatoms. The molecule has 2 rings (SSSR count). The van der Waals surface area contributed by atoms with Crippen molar-refractivity contribution in [3.63, 3.8) is 0 Å². The molecule has 0 amide bonds. The molecule has 0 aromatic carbocycles. The maximum atomic E-state index is 5.38. The van der Waals surface area contributed by atoms with E-state index in [9.17, 15) is 0 Å². The Bertz CT molecular complexity index is 124. The highest BCUT2D eigenvalue weighted by Gasteiger charge is 2.18. The molecule has 0 spiro atoms. The lowest BCUT2D eigenvalue weighted by Gasteiger charge is -2.11.